The zero-order valence-electron chi connectivity index (χ0n) is 26.0. The molecule has 0 saturated carbocycles. The van der Waals surface area contributed by atoms with Crippen molar-refractivity contribution in [1.82, 2.24) is 0 Å². The lowest BCUT2D eigenvalue weighted by molar-refractivity contribution is -0.929. The Morgan fingerprint density at radius 2 is 0.417 bits per heavy atom. The van der Waals surface area contributed by atoms with Crippen LogP contribution in [-0.4, -0.2) is 30.7 Å². The van der Waals surface area contributed by atoms with Gasteiger partial charge < -0.3 is 21.5 Å². The Kier molecular flexibility index (Phi) is 33.9. The second kappa shape index (κ2) is 31.7. The Balaban J connectivity index is 0. The van der Waals surface area contributed by atoms with Crippen molar-refractivity contribution in [1.29, 1.82) is 0 Å². The molecule has 0 aliphatic rings. The van der Waals surface area contributed by atoms with E-state index in [4.69, 9.17) is 0 Å². The van der Waals surface area contributed by atoms with Crippen LogP contribution < -0.4 is 17.0 Å². The molecule has 36 heavy (non-hydrogen) atoms. The summed E-state index contributed by atoms with van der Waals surface area (Å²) in [6.45, 7) is 15.3. The molecule has 0 atom stereocenters. The van der Waals surface area contributed by atoms with Crippen LogP contribution in [-0.2, 0) is 0 Å². The Morgan fingerprint density at radius 3 is 0.639 bits per heavy atom. The van der Waals surface area contributed by atoms with Gasteiger partial charge in [-0.15, -0.1) is 0 Å². The molecule has 0 N–H and O–H groups in total. The summed E-state index contributed by atoms with van der Waals surface area (Å²) in [7, 11) is 0. The molecular formula is C34H72BrN. The second-order valence-corrected chi connectivity index (χ2v) is 12.0. The Labute approximate surface area is 241 Å². The van der Waals surface area contributed by atoms with Crippen molar-refractivity contribution in [3.8, 4) is 0 Å². The number of unbranched alkanes of at least 4 members (excludes halogenated alkanes) is 22. The summed E-state index contributed by atoms with van der Waals surface area (Å²) in [5, 5.41) is 0. The van der Waals surface area contributed by atoms with Crippen LogP contribution in [0.15, 0.2) is 0 Å². The second-order valence-electron chi connectivity index (χ2n) is 12.0. The topological polar surface area (TPSA) is 0 Å². The van der Waals surface area contributed by atoms with Gasteiger partial charge in [0.25, 0.3) is 0 Å². The number of quaternary nitrogens is 1. The highest BCUT2D eigenvalue weighted by atomic mass is 79.9. The Bertz CT molecular complexity index is 352. The first-order chi connectivity index (χ1) is 17.2. The third-order valence-corrected chi connectivity index (χ3v) is 8.44. The highest BCUT2D eigenvalue weighted by molar-refractivity contribution is 4.54. The standard InChI is InChI=1S/C34H72N.BrH/c1-5-9-13-17-18-19-20-21-22-23-24-25-26-30-34-35(31-27-14-10-6-2,32-28-15-11-7-3)33-29-16-12-8-4;/h5-34H2,1-4H3;1H/q+1;/p-1. The van der Waals surface area contributed by atoms with Crippen molar-refractivity contribution in [2.24, 2.45) is 0 Å². The molecule has 0 unspecified atom stereocenters. The van der Waals surface area contributed by atoms with E-state index in [-0.39, 0.29) is 17.0 Å². The molecule has 0 amide bonds. The van der Waals surface area contributed by atoms with Crippen LogP contribution in [0.25, 0.3) is 0 Å². The van der Waals surface area contributed by atoms with E-state index >= 15 is 0 Å². The number of rotatable bonds is 30. The average molecular weight is 575 g/mol. The average Bonchev–Trinajstić information content (AvgIpc) is 2.87. The van der Waals surface area contributed by atoms with Crippen LogP contribution >= 0.6 is 0 Å². The van der Waals surface area contributed by atoms with E-state index in [1.54, 1.807) is 0 Å². The highest BCUT2D eigenvalue weighted by Gasteiger charge is 2.25. The first-order valence-corrected chi connectivity index (χ1v) is 17.1. The molecule has 0 aliphatic carbocycles. The molecule has 0 aromatic heterocycles. The summed E-state index contributed by atoms with van der Waals surface area (Å²) < 4.78 is 1.47. The molecule has 0 aromatic carbocycles. The van der Waals surface area contributed by atoms with Gasteiger partial charge in [-0.2, -0.15) is 0 Å². The molecule has 0 bridgehead atoms. The van der Waals surface area contributed by atoms with Crippen molar-refractivity contribution in [2.75, 3.05) is 26.2 Å². The van der Waals surface area contributed by atoms with Gasteiger partial charge in [-0.3, -0.25) is 0 Å². The largest absolute Gasteiger partial charge is 1.00 e. The summed E-state index contributed by atoms with van der Waals surface area (Å²) in [4.78, 5) is 0. The minimum atomic E-state index is 0. The van der Waals surface area contributed by atoms with Crippen molar-refractivity contribution >= 4 is 0 Å². The maximum absolute atomic E-state index is 2.35. The zero-order chi connectivity index (χ0) is 25.7. The third kappa shape index (κ3) is 26.1. The fraction of sp³-hybridized carbons (Fsp3) is 1.00. The normalized spacial score (nSPS) is 11.7. The SMILES string of the molecule is CCCCCCCCCCCCCCCC[N+](CCCCCC)(CCCCCC)CCCCCC.[Br-]. The molecule has 0 heterocycles. The first kappa shape index (κ1) is 38.6. The fourth-order valence-corrected chi connectivity index (χ4v) is 5.93. The lowest BCUT2D eigenvalue weighted by Gasteiger charge is -2.39. The van der Waals surface area contributed by atoms with Gasteiger partial charge in [0.15, 0.2) is 0 Å². The smallest absolute Gasteiger partial charge is 0.0786 e. The first-order valence-electron chi connectivity index (χ1n) is 17.1. The van der Waals surface area contributed by atoms with Crippen LogP contribution in [0.4, 0.5) is 0 Å². The van der Waals surface area contributed by atoms with E-state index in [1.165, 1.54) is 198 Å². The van der Waals surface area contributed by atoms with Crippen molar-refractivity contribution in [3.63, 3.8) is 0 Å². The molecule has 0 fully saturated rings. The molecular weight excluding hydrogens is 502 g/mol. The molecule has 0 saturated heterocycles. The predicted octanol–water partition coefficient (Wildman–Crippen LogP) is 9.03. The van der Waals surface area contributed by atoms with E-state index in [0.717, 1.165) is 0 Å². The van der Waals surface area contributed by atoms with Gasteiger partial charge in [-0.05, 0) is 51.4 Å². The zero-order valence-corrected chi connectivity index (χ0v) is 27.6. The van der Waals surface area contributed by atoms with Crippen LogP contribution in [0.1, 0.15) is 195 Å². The molecule has 220 valence electrons. The fourth-order valence-electron chi connectivity index (χ4n) is 5.93. The summed E-state index contributed by atoms with van der Waals surface area (Å²) in [6.07, 6.45) is 37.8. The summed E-state index contributed by atoms with van der Waals surface area (Å²) in [5.74, 6) is 0. The summed E-state index contributed by atoms with van der Waals surface area (Å²) in [6, 6.07) is 0. The third-order valence-electron chi connectivity index (χ3n) is 8.44. The van der Waals surface area contributed by atoms with Crippen LogP contribution in [0.2, 0.25) is 0 Å². The lowest BCUT2D eigenvalue weighted by atomic mass is 10.0. The van der Waals surface area contributed by atoms with Gasteiger partial charge in [0.1, 0.15) is 0 Å². The molecule has 2 heteroatoms. The van der Waals surface area contributed by atoms with Gasteiger partial charge in [0.05, 0.1) is 26.2 Å². The van der Waals surface area contributed by atoms with Crippen molar-refractivity contribution in [3.05, 3.63) is 0 Å². The number of halogens is 1. The molecule has 0 rings (SSSR count). The van der Waals surface area contributed by atoms with Crippen LogP contribution in [0.5, 0.6) is 0 Å². The Hall–Kier alpha value is 0.440. The molecule has 1 nitrogen and oxygen atoms in total. The van der Waals surface area contributed by atoms with E-state index in [1.807, 2.05) is 0 Å². The van der Waals surface area contributed by atoms with Gasteiger partial charge >= 0.3 is 0 Å². The maximum Gasteiger partial charge on any atom is 0.0786 e. The van der Waals surface area contributed by atoms with Crippen molar-refractivity contribution < 1.29 is 21.5 Å². The van der Waals surface area contributed by atoms with E-state index < -0.39 is 0 Å². The van der Waals surface area contributed by atoms with E-state index in [9.17, 15) is 0 Å². The Morgan fingerprint density at radius 1 is 0.250 bits per heavy atom. The van der Waals surface area contributed by atoms with E-state index in [0.29, 0.717) is 0 Å². The summed E-state index contributed by atoms with van der Waals surface area (Å²) >= 11 is 0. The minimum absolute atomic E-state index is 0. The molecule has 0 radical (unpaired) electrons. The number of hydrogen-bond donors (Lipinski definition) is 0. The predicted molar refractivity (Wildman–Crippen MR) is 162 cm³/mol. The minimum Gasteiger partial charge on any atom is -1.00 e. The van der Waals surface area contributed by atoms with Gasteiger partial charge in [-0.25, -0.2) is 0 Å². The number of nitrogens with zero attached hydrogens (tertiary/aromatic N) is 1. The monoisotopic (exact) mass is 573 g/mol. The molecule has 0 spiro atoms. The quantitative estimate of drug-likeness (QED) is 0.0593. The summed E-state index contributed by atoms with van der Waals surface area (Å²) in [5.41, 5.74) is 0. The van der Waals surface area contributed by atoms with E-state index in [2.05, 4.69) is 27.7 Å². The highest BCUT2D eigenvalue weighted by Crippen LogP contribution is 2.20. The molecule has 0 aliphatic heterocycles. The van der Waals surface area contributed by atoms with Crippen molar-refractivity contribution in [2.45, 2.75) is 195 Å². The lowest BCUT2D eigenvalue weighted by Crippen LogP contribution is -3.00. The van der Waals surface area contributed by atoms with Gasteiger partial charge in [0, 0.05) is 0 Å². The number of hydrogen-bond acceptors (Lipinski definition) is 0. The molecule has 0 aromatic rings. The van der Waals surface area contributed by atoms with Crippen LogP contribution in [0.3, 0.4) is 0 Å². The van der Waals surface area contributed by atoms with Crippen LogP contribution in [0, 0.1) is 0 Å². The maximum atomic E-state index is 2.35. The van der Waals surface area contributed by atoms with Gasteiger partial charge in [0.2, 0.25) is 0 Å². The van der Waals surface area contributed by atoms with Gasteiger partial charge in [-0.1, -0.05) is 143 Å².